The Bertz CT molecular complexity index is 1590. The first kappa shape index (κ1) is 27.4. The van der Waals surface area contributed by atoms with Gasteiger partial charge in [0.1, 0.15) is 30.3 Å². The van der Waals surface area contributed by atoms with Crippen LogP contribution in [0.1, 0.15) is 22.9 Å². The maximum absolute atomic E-state index is 11.4. The van der Waals surface area contributed by atoms with Crippen molar-refractivity contribution in [3.05, 3.63) is 131 Å². The zero-order chi connectivity index (χ0) is 29.1. The minimum Gasteiger partial charge on any atom is -0.390 e. The SMILES string of the molecule is CN(C)c1ncnc2c1ncn2[C@@H]1O[C@H](COC(c2ccccc2)(c2ccccc2)c2ccccc2)[C@H](O)[C@H]1N=[N+]=[N-]. The topological polar surface area (TPSA) is 134 Å². The fourth-order valence-electron chi connectivity index (χ4n) is 5.61. The zero-order valence-corrected chi connectivity index (χ0v) is 23.2. The van der Waals surface area contributed by atoms with Gasteiger partial charge in [0, 0.05) is 19.0 Å². The normalized spacial score (nSPS) is 20.4. The Morgan fingerprint density at radius 2 is 1.50 bits per heavy atom. The van der Waals surface area contributed by atoms with E-state index in [1.54, 1.807) is 10.9 Å². The van der Waals surface area contributed by atoms with Crippen LogP contribution in [0, 0.1) is 0 Å². The average Bonchev–Trinajstić information content (AvgIpc) is 3.60. The van der Waals surface area contributed by atoms with Crippen LogP contribution in [0.25, 0.3) is 21.6 Å². The molecule has 42 heavy (non-hydrogen) atoms. The number of aliphatic hydroxyl groups excluding tert-OH is 1. The lowest BCUT2D eigenvalue weighted by Gasteiger charge is -2.37. The first-order chi connectivity index (χ1) is 20.5. The second-order valence-electron chi connectivity index (χ2n) is 10.3. The van der Waals surface area contributed by atoms with Crippen LogP contribution in [0.5, 0.6) is 0 Å². The van der Waals surface area contributed by atoms with Gasteiger partial charge in [-0.05, 0) is 22.2 Å². The molecule has 4 atom stereocenters. The smallest absolute Gasteiger partial charge is 0.167 e. The zero-order valence-electron chi connectivity index (χ0n) is 23.2. The Hall–Kier alpha value is -4.80. The summed E-state index contributed by atoms with van der Waals surface area (Å²) >= 11 is 0. The van der Waals surface area contributed by atoms with E-state index >= 15 is 0 Å². The van der Waals surface area contributed by atoms with E-state index in [0.29, 0.717) is 17.0 Å². The largest absolute Gasteiger partial charge is 0.390 e. The fraction of sp³-hybridized carbons (Fsp3) is 0.258. The minimum absolute atomic E-state index is 0.00163. The minimum atomic E-state index is -1.15. The van der Waals surface area contributed by atoms with Crippen LogP contribution in [0.2, 0.25) is 0 Å². The van der Waals surface area contributed by atoms with Gasteiger partial charge in [0.05, 0.1) is 19.0 Å². The van der Waals surface area contributed by atoms with Crippen molar-refractivity contribution < 1.29 is 14.6 Å². The van der Waals surface area contributed by atoms with Gasteiger partial charge in [-0.2, -0.15) is 0 Å². The average molecular weight is 563 g/mol. The van der Waals surface area contributed by atoms with Crippen molar-refractivity contribution >= 4 is 17.0 Å². The van der Waals surface area contributed by atoms with Crippen LogP contribution in [-0.4, -0.2) is 63.6 Å². The highest BCUT2D eigenvalue weighted by molar-refractivity contribution is 5.83. The maximum atomic E-state index is 11.4. The number of azide groups is 1. The molecule has 2 aromatic heterocycles. The monoisotopic (exact) mass is 562 g/mol. The Morgan fingerprint density at radius 1 is 0.929 bits per heavy atom. The summed E-state index contributed by atoms with van der Waals surface area (Å²) in [4.78, 5) is 18.1. The fourth-order valence-corrected chi connectivity index (χ4v) is 5.61. The van der Waals surface area contributed by atoms with Crippen LogP contribution < -0.4 is 4.90 Å². The number of anilines is 1. The number of aromatic nitrogens is 4. The number of benzene rings is 3. The van der Waals surface area contributed by atoms with Crippen molar-refractivity contribution in [2.45, 2.75) is 30.1 Å². The molecule has 1 aliphatic rings. The van der Waals surface area contributed by atoms with Gasteiger partial charge in [0.15, 0.2) is 17.0 Å². The van der Waals surface area contributed by atoms with Crippen molar-refractivity contribution in [1.29, 1.82) is 0 Å². The number of fused-ring (bicyclic) bond motifs is 1. The van der Waals surface area contributed by atoms with E-state index in [2.05, 4.69) is 25.0 Å². The van der Waals surface area contributed by atoms with E-state index in [1.165, 1.54) is 6.33 Å². The lowest BCUT2D eigenvalue weighted by molar-refractivity contribution is -0.0931. The number of imidazole rings is 1. The molecule has 6 rings (SSSR count). The first-order valence-electron chi connectivity index (χ1n) is 13.6. The molecule has 0 spiro atoms. The number of rotatable bonds is 9. The quantitative estimate of drug-likeness (QED) is 0.118. The van der Waals surface area contributed by atoms with Crippen LogP contribution in [0.15, 0.2) is 109 Å². The lowest BCUT2D eigenvalue weighted by Crippen LogP contribution is -2.39. The molecule has 11 nitrogen and oxygen atoms in total. The molecule has 1 fully saturated rings. The molecule has 0 radical (unpaired) electrons. The summed E-state index contributed by atoms with van der Waals surface area (Å²) in [7, 11) is 3.73. The third kappa shape index (κ3) is 4.74. The predicted octanol–water partition coefficient (Wildman–Crippen LogP) is 4.84. The summed E-state index contributed by atoms with van der Waals surface area (Å²) in [6, 6.07) is 28.9. The van der Waals surface area contributed by atoms with Crippen molar-refractivity contribution in [3.8, 4) is 0 Å². The highest BCUT2D eigenvalue weighted by Gasteiger charge is 2.47. The molecule has 3 heterocycles. The van der Waals surface area contributed by atoms with Crippen molar-refractivity contribution in [1.82, 2.24) is 19.5 Å². The van der Waals surface area contributed by atoms with Gasteiger partial charge in [0.2, 0.25) is 0 Å². The second-order valence-corrected chi connectivity index (χ2v) is 10.3. The molecule has 0 saturated carbocycles. The van der Waals surface area contributed by atoms with E-state index in [-0.39, 0.29) is 6.61 Å². The molecule has 212 valence electrons. The summed E-state index contributed by atoms with van der Waals surface area (Å²) in [5.41, 5.74) is 12.2. The third-order valence-electron chi connectivity index (χ3n) is 7.56. The Morgan fingerprint density at radius 3 is 2.02 bits per heavy atom. The molecular weight excluding hydrogens is 532 g/mol. The summed E-state index contributed by atoms with van der Waals surface area (Å²) in [5, 5.41) is 15.4. The van der Waals surface area contributed by atoms with Gasteiger partial charge >= 0.3 is 0 Å². The Kier molecular flexibility index (Phi) is 7.56. The van der Waals surface area contributed by atoms with E-state index in [9.17, 15) is 10.6 Å². The van der Waals surface area contributed by atoms with Gasteiger partial charge in [-0.25, -0.2) is 15.0 Å². The van der Waals surface area contributed by atoms with Gasteiger partial charge in [-0.3, -0.25) is 4.57 Å². The predicted molar refractivity (Wildman–Crippen MR) is 158 cm³/mol. The summed E-state index contributed by atoms with van der Waals surface area (Å²) in [6.45, 7) is -0.00163. The molecule has 3 aromatic carbocycles. The number of aliphatic hydroxyl groups is 1. The van der Waals surface area contributed by atoms with E-state index in [1.807, 2.05) is 110 Å². The number of hydrogen-bond donors (Lipinski definition) is 1. The molecule has 11 heteroatoms. The lowest BCUT2D eigenvalue weighted by atomic mass is 9.80. The van der Waals surface area contributed by atoms with Crippen molar-refractivity contribution in [2.24, 2.45) is 5.11 Å². The van der Waals surface area contributed by atoms with Gasteiger partial charge in [0.25, 0.3) is 0 Å². The van der Waals surface area contributed by atoms with E-state index < -0.39 is 30.1 Å². The van der Waals surface area contributed by atoms with Gasteiger partial charge in [-0.1, -0.05) is 96.1 Å². The Balaban J connectivity index is 1.39. The number of hydrogen-bond acceptors (Lipinski definition) is 8. The van der Waals surface area contributed by atoms with E-state index in [4.69, 9.17) is 9.47 Å². The van der Waals surface area contributed by atoms with Crippen LogP contribution >= 0.6 is 0 Å². The molecule has 1 saturated heterocycles. The molecule has 5 aromatic rings. The Labute approximate surface area is 242 Å². The summed E-state index contributed by atoms with van der Waals surface area (Å²) in [6.07, 6.45) is 0.166. The van der Waals surface area contributed by atoms with Crippen LogP contribution in [0.4, 0.5) is 5.82 Å². The second kappa shape index (κ2) is 11.6. The first-order valence-corrected chi connectivity index (χ1v) is 13.6. The van der Waals surface area contributed by atoms with Gasteiger partial charge < -0.3 is 19.5 Å². The summed E-state index contributed by atoms with van der Waals surface area (Å²) in [5.74, 6) is 0.635. The molecule has 0 amide bonds. The molecule has 0 aliphatic carbocycles. The standard InChI is InChI=1S/C31H30N8O3/c1-38(2)28-26-29(34-19-33-28)39(20-35-26)30-25(36-37-32)27(40)24(42-30)18-41-31(21-12-6-3-7-13-21,22-14-8-4-9-15-22)23-16-10-5-11-17-23/h3-17,19-20,24-25,27,30,40H,18H2,1-2H3/t24-,25-,27+,30-/m1/s1. The van der Waals surface area contributed by atoms with Crippen molar-refractivity contribution in [2.75, 3.05) is 25.6 Å². The highest BCUT2D eigenvalue weighted by atomic mass is 16.6. The van der Waals surface area contributed by atoms with Crippen molar-refractivity contribution in [3.63, 3.8) is 0 Å². The number of ether oxygens (including phenoxy) is 2. The molecule has 0 bridgehead atoms. The third-order valence-corrected chi connectivity index (χ3v) is 7.56. The van der Waals surface area contributed by atoms with Gasteiger partial charge in [-0.15, -0.1) is 0 Å². The van der Waals surface area contributed by atoms with Crippen LogP contribution in [0.3, 0.4) is 0 Å². The van der Waals surface area contributed by atoms with Crippen LogP contribution in [-0.2, 0) is 15.1 Å². The molecule has 1 N–H and O–H groups in total. The van der Waals surface area contributed by atoms with E-state index in [0.717, 1.165) is 16.7 Å². The molecular formula is C31H30N8O3. The molecule has 0 unspecified atom stereocenters. The number of nitrogens with zero attached hydrogens (tertiary/aromatic N) is 8. The maximum Gasteiger partial charge on any atom is 0.167 e. The highest BCUT2D eigenvalue weighted by Crippen LogP contribution is 2.42. The molecule has 1 aliphatic heterocycles. The summed E-state index contributed by atoms with van der Waals surface area (Å²) < 4.78 is 15.0.